The van der Waals surface area contributed by atoms with Gasteiger partial charge in [0.15, 0.2) is 0 Å². The SMILES string of the molecule is CC1(C)CC(NC(=O)Nc2ccc(Cl)c(Cl)c2)CC(C)(CNC(=O)Nc2ccc(Cl)c(Cl)c2)C1. The minimum atomic E-state index is -0.329. The van der Waals surface area contributed by atoms with Gasteiger partial charge in [-0.25, -0.2) is 9.59 Å². The molecule has 10 heteroatoms. The summed E-state index contributed by atoms with van der Waals surface area (Å²) in [6.07, 6.45) is 2.45. The van der Waals surface area contributed by atoms with Crippen LogP contribution in [-0.2, 0) is 0 Å². The number of nitrogens with one attached hydrogen (secondary N) is 4. The molecule has 1 fully saturated rings. The van der Waals surface area contributed by atoms with E-state index >= 15 is 0 Å². The highest BCUT2D eigenvalue weighted by molar-refractivity contribution is 6.42. The molecule has 0 aliphatic heterocycles. The molecule has 4 N–H and O–H groups in total. The van der Waals surface area contributed by atoms with Crippen LogP contribution in [0, 0.1) is 10.8 Å². The molecule has 34 heavy (non-hydrogen) atoms. The summed E-state index contributed by atoms with van der Waals surface area (Å²) in [6.45, 7) is 6.92. The quantitative estimate of drug-likeness (QED) is 0.308. The summed E-state index contributed by atoms with van der Waals surface area (Å²) < 4.78 is 0. The van der Waals surface area contributed by atoms with Gasteiger partial charge in [0.1, 0.15) is 0 Å². The van der Waals surface area contributed by atoms with Crippen LogP contribution in [-0.4, -0.2) is 24.6 Å². The molecule has 0 radical (unpaired) electrons. The number of urea groups is 2. The van der Waals surface area contributed by atoms with E-state index in [0.717, 1.165) is 19.3 Å². The molecular formula is C24H28Cl4N4O2. The van der Waals surface area contributed by atoms with E-state index in [1.165, 1.54) is 0 Å². The van der Waals surface area contributed by atoms with E-state index < -0.39 is 0 Å². The zero-order valence-electron chi connectivity index (χ0n) is 19.2. The van der Waals surface area contributed by atoms with Crippen LogP contribution in [0.1, 0.15) is 40.0 Å². The van der Waals surface area contributed by atoms with Crippen molar-refractivity contribution in [2.75, 3.05) is 17.2 Å². The van der Waals surface area contributed by atoms with Gasteiger partial charge in [-0.2, -0.15) is 0 Å². The van der Waals surface area contributed by atoms with E-state index in [4.69, 9.17) is 46.4 Å². The molecule has 3 rings (SSSR count). The summed E-state index contributed by atoms with van der Waals surface area (Å²) >= 11 is 23.9. The van der Waals surface area contributed by atoms with Gasteiger partial charge in [0.05, 0.1) is 20.1 Å². The number of anilines is 2. The van der Waals surface area contributed by atoms with E-state index in [9.17, 15) is 9.59 Å². The molecule has 0 heterocycles. The molecule has 0 aromatic heterocycles. The third kappa shape index (κ3) is 7.57. The summed E-state index contributed by atoms with van der Waals surface area (Å²) in [4.78, 5) is 25.1. The molecule has 2 aromatic carbocycles. The van der Waals surface area contributed by atoms with E-state index in [-0.39, 0.29) is 28.9 Å². The highest BCUT2D eigenvalue weighted by atomic mass is 35.5. The van der Waals surface area contributed by atoms with E-state index in [2.05, 4.69) is 42.0 Å². The molecule has 2 aromatic rings. The van der Waals surface area contributed by atoms with Crippen molar-refractivity contribution in [2.24, 2.45) is 10.8 Å². The molecule has 4 amide bonds. The lowest BCUT2D eigenvalue weighted by atomic mass is 9.62. The molecule has 1 aliphatic carbocycles. The Morgan fingerprint density at radius 2 is 1.35 bits per heavy atom. The second-order valence-corrected chi connectivity index (χ2v) is 11.5. The molecule has 1 saturated carbocycles. The normalized spacial score (nSPS) is 21.4. The van der Waals surface area contributed by atoms with Crippen molar-refractivity contribution >= 4 is 69.8 Å². The van der Waals surface area contributed by atoms with Crippen LogP contribution in [0.2, 0.25) is 20.1 Å². The number of carbonyl (C=O) groups is 2. The topological polar surface area (TPSA) is 82.3 Å². The molecule has 6 nitrogen and oxygen atoms in total. The van der Waals surface area contributed by atoms with Gasteiger partial charge in [0.2, 0.25) is 0 Å². The fourth-order valence-corrected chi connectivity index (χ4v) is 5.44. The van der Waals surface area contributed by atoms with Crippen LogP contribution < -0.4 is 21.3 Å². The highest BCUT2D eigenvalue weighted by Gasteiger charge is 2.41. The molecule has 2 unspecified atom stereocenters. The summed E-state index contributed by atoms with van der Waals surface area (Å²) in [5.74, 6) is 0. The van der Waals surface area contributed by atoms with Crippen molar-refractivity contribution in [3.05, 3.63) is 56.5 Å². The maximum Gasteiger partial charge on any atom is 0.319 e. The largest absolute Gasteiger partial charge is 0.337 e. The lowest BCUT2D eigenvalue weighted by Gasteiger charge is -2.46. The Balaban J connectivity index is 1.58. The number of hydrogen-bond acceptors (Lipinski definition) is 2. The summed E-state index contributed by atoms with van der Waals surface area (Å²) in [7, 11) is 0. The predicted molar refractivity (Wildman–Crippen MR) is 142 cm³/mol. The Kier molecular flexibility index (Phi) is 8.51. The first-order valence-corrected chi connectivity index (χ1v) is 12.4. The van der Waals surface area contributed by atoms with Gasteiger partial charge >= 0.3 is 12.1 Å². The fourth-order valence-electron chi connectivity index (χ4n) is 4.84. The molecule has 0 saturated heterocycles. The van der Waals surface area contributed by atoms with E-state index in [0.29, 0.717) is 38.0 Å². The standard InChI is InChI=1S/C24H28Cl4N4O2/c1-23(2)10-16(32-22(34)31-15-5-7-18(26)20(28)9-15)11-24(3,12-23)13-29-21(33)30-14-4-6-17(25)19(27)8-14/h4-9,16H,10-13H2,1-3H3,(H2,29,30,33)(H2,31,32,34). The lowest BCUT2D eigenvalue weighted by molar-refractivity contribution is 0.0761. The van der Waals surface area contributed by atoms with Crippen LogP contribution >= 0.6 is 46.4 Å². The Morgan fingerprint density at radius 1 is 0.824 bits per heavy atom. The minimum absolute atomic E-state index is 0.0175. The Labute approximate surface area is 220 Å². The van der Waals surface area contributed by atoms with Crippen molar-refractivity contribution in [2.45, 2.75) is 46.1 Å². The highest BCUT2D eigenvalue weighted by Crippen LogP contribution is 2.45. The van der Waals surface area contributed by atoms with E-state index in [1.54, 1.807) is 36.4 Å². The molecule has 1 aliphatic rings. The average Bonchev–Trinajstić information content (AvgIpc) is 2.70. The maximum absolute atomic E-state index is 12.6. The van der Waals surface area contributed by atoms with Gasteiger partial charge in [0, 0.05) is 24.0 Å². The smallest absolute Gasteiger partial charge is 0.319 e. The molecule has 0 spiro atoms. The Morgan fingerprint density at radius 3 is 1.88 bits per heavy atom. The van der Waals surface area contributed by atoms with Crippen molar-refractivity contribution in [3.8, 4) is 0 Å². The zero-order chi connectivity index (χ0) is 25.1. The summed E-state index contributed by atoms with van der Waals surface area (Å²) in [5.41, 5.74) is 0.888. The van der Waals surface area contributed by atoms with Crippen LogP contribution in [0.5, 0.6) is 0 Å². The molecule has 2 atom stereocenters. The van der Waals surface area contributed by atoms with Gasteiger partial charge in [-0.15, -0.1) is 0 Å². The molecule has 0 bridgehead atoms. The van der Waals surface area contributed by atoms with Gasteiger partial charge in [0.25, 0.3) is 0 Å². The number of amides is 4. The van der Waals surface area contributed by atoms with Crippen LogP contribution in [0.25, 0.3) is 0 Å². The number of halogens is 4. The fraction of sp³-hybridized carbons (Fsp3) is 0.417. The van der Waals surface area contributed by atoms with Gasteiger partial charge in [-0.05, 0) is 66.5 Å². The second kappa shape index (κ2) is 10.8. The number of carbonyl (C=O) groups excluding carboxylic acids is 2. The van der Waals surface area contributed by atoms with Crippen molar-refractivity contribution in [3.63, 3.8) is 0 Å². The number of benzene rings is 2. The lowest BCUT2D eigenvalue weighted by Crippen LogP contribution is -2.51. The Hall–Kier alpha value is -1.86. The van der Waals surface area contributed by atoms with Gasteiger partial charge in [-0.1, -0.05) is 67.2 Å². The van der Waals surface area contributed by atoms with Crippen molar-refractivity contribution in [1.29, 1.82) is 0 Å². The predicted octanol–water partition coefficient (Wildman–Crippen LogP) is 7.83. The maximum atomic E-state index is 12.6. The van der Waals surface area contributed by atoms with Crippen LogP contribution in [0.4, 0.5) is 21.0 Å². The zero-order valence-corrected chi connectivity index (χ0v) is 22.2. The van der Waals surface area contributed by atoms with Crippen molar-refractivity contribution in [1.82, 2.24) is 10.6 Å². The first-order valence-electron chi connectivity index (χ1n) is 10.9. The average molecular weight is 546 g/mol. The third-order valence-corrected chi connectivity index (χ3v) is 7.29. The number of rotatable bonds is 5. The summed E-state index contributed by atoms with van der Waals surface area (Å²) in [6, 6.07) is 9.15. The monoisotopic (exact) mass is 544 g/mol. The summed E-state index contributed by atoms with van der Waals surface area (Å²) in [5, 5.41) is 13.2. The third-order valence-electron chi connectivity index (χ3n) is 5.81. The molecular weight excluding hydrogens is 518 g/mol. The second-order valence-electron chi connectivity index (χ2n) is 9.92. The first kappa shape index (κ1) is 26.7. The van der Waals surface area contributed by atoms with Crippen LogP contribution in [0.3, 0.4) is 0 Å². The minimum Gasteiger partial charge on any atom is -0.337 e. The van der Waals surface area contributed by atoms with Gasteiger partial charge in [-0.3, -0.25) is 0 Å². The first-order chi connectivity index (χ1) is 15.8. The number of hydrogen-bond donors (Lipinski definition) is 4. The van der Waals surface area contributed by atoms with E-state index in [1.807, 2.05) is 0 Å². The molecule has 184 valence electrons. The Bertz CT molecular complexity index is 1080. The van der Waals surface area contributed by atoms with Crippen LogP contribution in [0.15, 0.2) is 36.4 Å². The van der Waals surface area contributed by atoms with Crippen molar-refractivity contribution < 1.29 is 9.59 Å². The van der Waals surface area contributed by atoms with Gasteiger partial charge < -0.3 is 21.3 Å².